The number of halogens is 1. The standard InChI is InChI=1S/C13H19ClN2O/c1-13(2)9-16(8-12(17)7-15-13)11-5-3-4-10(14)6-11/h3-6,12,15,17H,7-9H2,1-2H3. The first kappa shape index (κ1) is 12.7. The lowest BCUT2D eigenvalue weighted by Gasteiger charge is -2.31. The van der Waals surface area contributed by atoms with E-state index in [0.29, 0.717) is 13.1 Å². The van der Waals surface area contributed by atoms with Crippen LogP contribution in [0.25, 0.3) is 0 Å². The van der Waals surface area contributed by atoms with E-state index in [-0.39, 0.29) is 11.6 Å². The molecular formula is C13H19ClN2O. The van der Waals surface area contributed by atoms with Gasteiger partial charge in [0.25, 0.3) is 0 Å². The normalized spacial score (nSPS) is 24.5. The van der Waals surface area contributed by atoms with E-state index >= 15 is 0 Å². The van der Waals surface area contributed by atoms with Crippen molar-refractivity contribution in [3.8, 4) is 0 Å². The minimum absolute atomic E-state index is 0.0141. The molecule has 4 heteroatoms. The van der Waals surface area contributed by atoms with Gasteiger partial charge in [-0.25, -0.2) is 0 Å². The summed E-state index contributed by atoms with van der Waals surface area (Å²) in [5.41, 5.74) is 1.05. The number of β-amino-alcohol motifs (C(OH)–C–C–N with tert-alkyl or cyclic N) is 1. The Labute approximate surface area is 107 Å². The van der Waals surface area contributed by atoms with Crippen molar-refractivity contribution in [1.82, 2.24) is 5.32 Å². The monoisotopic (exact) mass is 254 g/mol. The third kappa shape index (κ3) is 3.35. The van der Waals surface area contributed by atoms with Crippen LogP contribution in [0.5, 0.6) is 0 Å². The molecule has 1 saturated heterocycles. The molecule has 0 spiro atoms. The van der Waals surface area contributed by atoms with Crippen LogP contribution < -0.4 is 10.2 Å². The number of aliphatic hydroxyl groups excluding tert-OH is 1. The lowest BCUT2D eigenvalue weighted by molar-refractivity contribution is 0.179. The summed E-state index contributed by atoms with van der Waals surface area (Å²) in [6, 6.07) is 7.77. The maximum Gasteiger partial charge on any atom is 0.0839 e. The topological polar surface area (TPSA) is 35.5 Å². The van der Waals surface area contributed by atoms with E-state index in [2.05, 4.69) is 24.1 Å². The molecule has 1 aromatic carbocycles. The maximum atomic E-state index is 9.89. The van der Waals surface area contributed by atoms with Crippen molar-refractivity contribution in [2.45, 2.75) is 25.5 Å². The van der Waals surface area contributed by atoms with Crippen LogP contribution >= 0.6 is 11.6 Å². The highest BCUT2D eigenvalue weighted by molar-refractivity contribution is 6.30. The summed E-state index contributed by atoms with van der Waals surface area (Å²) >= 11 is 6.01. The number of hydrogen-bond acceptors (Lipinski definition) is 3. The fourth-order valence-electron chi connectivity index (χ4n) is 2.18. The molecule has 94 valence electrons. The molecule has 0 saturated carbocycles. The van der Waals surface area contributed by atoms with Gasteiger partial charge in [-0.1, -0.05) is 17.7 Å². The molecule has 1 aliphatic heterocycles. The van der Waals surface area contributed by atoms with Crippen LogP contribution in [0.4, 0.5) is 5.69 Å². The number of benzene rings is 1. The quantitative estimate of drug-likeness (QED) is 0.804. The van der Waals surface area contributed by atoms with Gasteiger partial charge in [-0.3, -0.25) is 0 Å². The molecule has 0 amide bonds. The molecule has 2 rings (SSSR count). The van der Waals surface area contributed by atoms with Crippen LogP contribution in [0, 0.1) is 0 Å². The van der Waals surface area contributed by atoms with Gasteiger partial charge >= 0.3 is 0 Å². The lowest BCUT2D eigenvalue weighted by atomic mass is 10.1. The third-order valence-electron chi connectivity index (χ3n) is 3.01. The number of rotatable bonds is 1. The molecule has 1 atom stereocenters. The Balaban J connectivity index is 2.23. The molecule has 2 N–H and O–H groups in total. The van der Waals surface area contributed by atoms with E-state index < -0.39 is 0 Å². The Morgan fingerprint density at radius 1 is 1.47 bits per heavy atom. The second kappa shape index (κ2) is 4.84. The highest BCUT2D eigenvalue weighted by atomic mass is 35.5. The number of aliphatic hydroxyl groups is 1. The number of nitrogens with zero attached hydrogens (tertiary/aromatic N) is 1. The molecule has 0 bridgehead atoms. The van der Waals surface area contributed by atoms with Crippen LogP contribution in [0.1, 0.15) is 13.8 Å². The van der Waals surface area contributed by atoms with E-state index in [4.69, 9.17) is 11.6 Å². The lowest BCUT2D eigenvalue weighted by Crippen LogP contribution is -2.46. The van der Waals surface area contributed by atoms with Crippen molar-refractivity contribution >= 4 is 17.3 Å². The van der Waals surface area contributed by atoms with Gasteiger partial charge in [0.15, 0.2) is 0 Å². The Morgan fingerprint density at radius 2 is 2.24 bits per heavy atom. The van der Waals surface area contributed by atoms with Gasteiger partial charge in [-0.2, -0.15) is 0 Å². The summed E-state index contributed by atoms with van der Waals surface area (Å²) in [5, 5.41) is 14.0. The first-order chi connectivity index (χ1) is 7.96. The van der Waals surface area contributed by atoms with Crippen LogP contribution in [-0.4, -0.2) is 36.4 Å². The molecular weight excluding hydrogens is 236 g/mol. The van der Waals surface area contributed by atoms with Gasteiger partial charge in [0.2, 0.25) is 0 Å². The van der Waals surface area contributed by atoms with E-state index in [1.54, 1.807) is 0 Å². The Kier molecular flexibility index (Phi) is 3.61. The van der Waals surface area contributed by atoms with Gasteiger partial charge in [0.05, 0.1) is 6.10 Å². The molecule has 3 nitrogen and oxygen atoms in total. The number of hydrogen-bond donors (Lipinski definition) is 2. The predicted molar refractivity (Wildman–Crippen MR) is 71.8 cm³/mol. The molecule has 0 aromatic heterocycles. The average Bonchev–Trinajstić information content (AvgIpc) is 2.38. The summed E-state index contributed by atoms with van der Waals surface area (Å²) in [5.74, 6) is 0. The zero-order valence-corrected chi connectivity index (χ0v) is 11.0. The number of nitrogens with one attached hydrogen (secondary N) is 1. The summed E-state index contributed by atoms with van der Waals surface area (Å²) in [6.07, 6.45) is -0.351. The van der Waals surface area contributed by atoms with Crippen LogP contribution in [0.2, 0.25) is 5.02 Å². The SMILES string of the molecule is CC1(C)CN(c2cccc(Cl)c2)CC(O)CN1. The van der Waals surface area contributed by atoms with Gasteiger partial charge in [-0.05, 0) is 32.0 Å². The zero-order valence-electron chi connectivity index (χ0n) is 10.3. The summed E-state index contributed by atoms with van der Waals surface area (Å²) in [7, 11) is 0. The van der Waals surface area contributed by atoms with Crippen molar-refractivity contribution in [3.63, 3.8) is 0 Å². The van der Waals surface area contributed by atoms with Gasteiger partial charge < -0.3 is 15.3 Å². The Bertz CT molecular complexity index is 395. The zero-order chi connectivity index (χ0) is 12.5. The van der Waals surface area contributed by atoms with Gasteiger partial charge in [0.1, 0.15) is 0 Å². The van der Waals surface area contributed by atoms with Gasteiger partial charge in [-0.15, -0.1) is 0 Å². The Morgan fingerprint density at radius 3 is 2.94 bits per heavy atom. The largest absolute Gasteiger partial charge is 0.390 e. The molecule has 1 aromatic rings. The van der Waals surface area contributed by atoms with Crippen molar-refractivity contribution in [2.24, 2.45) is 0 Å². The summed E-state index contributed by atoms with van der Waals surface area (Å²) in [4.78, 5) is 2.18. The maximum absolute atomic E-state index is 9.89. The van der Waals surface area contributed by atoms with Crippen molar-refractivity contribution in [2.75, 3.05) is 24.5 Å². The highest BCUT2D eigenvalue weighted by Gasteiger charge is 2.27. The second-order valence-electron chi connectivity index (χ2n) is 5.28. The fourth-order valence-corrected chi connectivity index (χ4v) is 2.36. The third-order valence-corrected chi connectivity index (χ3v) is 3.24. The molecule has 0 radical (unpaired) electrons. The van der Waals surface area contributed by atoms with Crippen LogP contribution in [0.15, 0.2) is 24.3 Å². The van der Waals surface area contributed by atoms with E-state index in [1.807, 2.05) is 24.3 Å². The second-order valence-corrected chi connectivity index (χ2v) is 5.72. The van der Waals surface area contributed by atoms with Crippen LogP contribution in [0.3, 0.4) is 0 Å². The molecule has 1 fully saturated rings. The molecule has 17 heavy (non-hydrogen) atoms. The smallest absolute Gasteiger partial charge is 0.0839 e. The number of anilines is 1. The Hall–Kier alpha value is -0.770. The summed E-state index contributed by atoms with van der Waals surface area (Å²) in [6.45, 7) is 6.40. The van der Waals surface area contributed by atoms with E-state index in [1.165, 1.54) is 0 Å². The van der Waals surface area contributed by atoms with Crippen molar-refractivity contribution in [3.05, 3.63) is 29.3 Å². The van der Waals surface area contributed by atoms with E-state index in [0.717, 1.165) is 17.3 Å². The van der Waals surface area contributed by atoms with E-state index in [9.17, 15) is 5.11 Å². The average molecular weight is 255 g/mol. The minimum Gasteiger partial charge on any atom is -0.390 e. The highest BCUT2D eigenvalue weighted by Crippen LogP contribution is 2.23. The fraction of sp³-hybridized carbons (Fsp3) is 0.538. The van der Waals surface area contributed by atoms with Crippen molar-refractivity contribution in [1.29, 1.82) is 0 Å². The minimum atomic E-state index is -0.351. The molecule has 1 aliphatic rings. The first-order valence-corrected chi connectivity index (χ1v) is 6.28. The molecule has 1 heterocycles. The van der Waals surface area contributed by atoms with Gasteiger partial charge in [0, 0.05) is 35.9 Å². The predicted octanol–water partition coefficient (Wildman–Crippen LogP) is 1.89. The van der Waals surface area contributed by atoms with Crippen LogP contribution in [-0.2, 0) is 0 Å². The molecule has 0 aliphatic carbocycles. The summed E-state index contributed by atoms with van der Waals surface area (Å²) < 4.78 is 0. The molecule has 1 unspecified atom stereocenters. The first-order valence-electron chi connectivity index (χ1n) is 5.90. The van der Waals surface area contributed by atoms with Crippen molar-refractivity contribution < 1.29 is 5.11 Å².